The summed E-state index contributed by atoms with van der Waals surface area (Å²) >= 11 is 0. The van der Waals surface area contributed by atoms with Gasteiger partial charge in [-0.25, -0.2) is 9.97 Å². The number of aromatic nitrogens is 4. The summed E-state index contributed by atoms with van der Waals surface area (Å²) in [6.07, 6.45) is 1.58. The summed E-state index contributed by atoms with van der Waals surface area (Å²) in [5.41, 5.74) is 1.99. The molecule has 13 heteroatoms. The van der Waals surface area contributed by atoms with Crippen molar-refractivity contribution in [1.29, 1.82) is 0 Å². The molecular weight excluding hydrogens is 667 g/mol. The first-order valence-corrected chi connectivity index (χ1v) is 26.2. The third kappa shape index (κ3) is 8.29. The number of fused-ring (bicyclic) bond motifs is 1. The molecular formula is C36H61N5O5Si3. The average Bonchev–Trinajstić information content (AvgIpc) is 3.53. The van der Waals surface area contributed by atoms with E-state index in [9.17, 15) is 4.79 Å². The Balaban J connectivity index is 1.89. The zero-order valence-electron chi connectivity index (χ0n) is 32.8. The quantitative estimate of drug-likeness (QED) is 0.205. The number of nitrogens with zero attached hydrogens (tertiary/aromatic N) is 5. The van der Waals surface area contributed by atoms with Gasteiger partial charge in [-0.1, -0.05) is 80.5 Å². The maximum absolute atomic E-state index is 13.2. The van der Waals surface area contributed by atoms with E-state index in [1.807, 2.05) is 29.8 Å². The summed E-state index contributed by atoms with van der Waals surface area (Å²) < 4.78 is 32.2. The largest absolute Gasteiger partial charge is 0.414 e. The Morgan fingerprint density at radius 1 is 0.796 bits per heavy atom. The van der Waals surface area contributed by atoms with E-state index >= 15 is 0 Å². The number of hydrogen-bond acceptors (Lipinski definition) is 7. The minimum atomic E-state index is -2.35. The second-order valence-electron chi connectivity index (χ2n) is 18.1. The van der Waals surface area contributed by atoms with Gasteiger partial charge in [0, 0.05) is 12.6 Å². The molecule has 1 aliphatic heterocycles. The monoisotopic (exact) mass is 727 g/mol. The summed E-state index contributed by atoms with van der Waals surface area (Å²) in [5.74, 6) is -0.347. The molecule has 1 saturated heterocycles. The number of carbonyl (C=O) groups is 1. The molecule has 10 nitrogen and oxygen atoms in total. The van der Waals surface area contributed by atoms with E-state index in [4.69, 9.17) is 28.0 Å². The molecule has 0 saturated carbocycles. The fraction of sp³-hybridized carbons (Fsp3) is 0.667. The third-order valence-electron chi connectivity index (χ3n) is 11.3. The van der Waals surface area contributed by atoms with Gasteiger partial charge in [0.05, 0.1) is 19.3 Å². The highest BCUT2D eigenvalue weighted by Gasteiger charge is 2.55. The Bertz CT molecular complexity index is 1700. The molecule has 0 spiro atoms. The molecule has 1 fully saturated rings. The predicted octanol–water partition coefficient (Wildman–Crippen LogP) is 8.21. The van der Waals surface area contributed by atoms with Crippen molar-refractivity contribution in [2.24, 2.45) is 12.0 Å². The number of benzene rings is 1. The summed E-state index contributed by atoms with van der Waals surface area (Å²) in [6, 6.07) is 9.04. The number of rotatable bonds is 9. The molecule has 1 amide bonds. The van der Waals surface area contributed by atoms with Crippen LogP contribution in [0.2, 0.25) is 54.4 Å². The molecule has 3 aromatic rings. The zero-order valence-corrected chi connectivity index (χ0v) is 35.8. The first-order chi connectivity index (χ1) is 22.3. The van der Waals surface area contributed by atoms with Crippen molar-refractivity contribution in [3.63, 3.8) is 0 Å². The van der Waals surface area contributed by atoms with Gasteiger partial charge >= 0.3 is 0 Å². The molecule has 0 N–H and O–H groups in total. The van der Waals surface area contributed by atoms with Crippen molar-refractivity contribution in [3.8, 4) is 0 Å². The molecule has 2 aromatic heterocycles. The molecule has 3 heterocycles. The highest BCUT2D eigenvalue weighted by atomic mass is 28.4. The normalized spacial score (nSPS) is 21.9. The number of ether oxygens (including phenoxy) is 1. The number of hydrogen-bond donors (Lipinski definition) is 0. The maximum atomic E-state index is 13.2. The lowest BCUT2D eigenvalue weighted by molar-refractivity contribution is -0.0470. The first-order valence-electron chi connectivity index (χ1n) is 17.4. The molecule has 4 rings (SSSR count). The molecule has 1 aliphatic rings. The number of imidazole rings is 1. The molecule has 1 aromatic carbocycles. The van der Waals surface area contributed by atoms with Crippen molar-refractivity contribution >= 4 is 42.0 Å². The van der Waals surface area contributed by atoms with Crippen LogP contribution in [0.4, 0.5) is 0 Å². The fourth-order valence-corrected chi connectivity index (χ4v) is 8.56. The predicted molar refractivity (Wildman–Crippen MR) is 204 cm³/mol. The molecule has 4 atom stereocenters. The van der Waals surface area contributed by atoms with Gasteiger partial charge in [0.1, 0.15) is 18.3 Å². The Morgan fingerprint density at radius 3 is 1.86 bits per heavy atom. The summed E-state index contributed by atoms with van der Waals surface area (Å²) in [4.78, 5) is 27.3. The van der Waals surface area contributed by atoms with E-state index in [2.05, 4.69) is 107 Å². The smallest absolute Gasteiger partial charge is 0.279 e. The maximum Gasteiger partial charge on any atom is 0.279 e. The van der Waals surface area contributed by atoms with Crippen LogP contribution in [-0.2, 0) is 25.1 Å². The van der Waals surface area contributed by atoms with Crippen LogP contribution < -0.4 is 5.49 Å². The van der Waals surface area contributed by atoms with Gasteiger partial charge < -0.3 is 22.6 Å². The van der Waals surface area contributed by atoms with Crippen LogP contribution in [0.1, 0.15) is 78.9 Å². The van der Waals surface area contributed by atoms with Crippen molar-refractivity contribution in [2.75, 3.05) is 6.61 Å². The van der Waals surface area contributed by atoms with Crippen LogP contribution in [0.25, 0.3) is 11.2 Å². The summed E-state index contributed by atoms with van der Waals surface area (Å²) in [5, 5.41) is -0.0479. The highest BCUT2D eigenvalue weighted by Crippen LogP contribution is 2.46. The van der Waals surface area contributed by atoms with E-state index in [0.29, 0.717) is 28.8 Å². The average molecular weight is 728 g/mol. The summed E-state index contributed by atoms with van der Waals surface area (Å²) in [6.45, 7) is 34.3. The van der Waals surface area contributed by atoms with Gasteiger partial charge in [0.25, 0.3) is 5.91 Å². The summed E-state index contributed by atoms with van der Waals surface area (Å²) in [7, 11) is -4.96. The van der Waals surface area contributed by atoms with Gasteiger partial charge in [0.15, 0.2) is 47.8 Å². The Labute approximate surface area is 297 Å². The second-order valence-corrected chi connectivity index (χ2v) is 32.4. The Kier molecular flexibility index (Phi) is 11.0. The van der Waals surface area contributed by atoms with E-state index in [0.717, 1.165) is 0 Å². The van der Waals surface area contributed by atoms with Gasteiger partial charge in [0.2, 0.25) is 0 Å². The molecule has 0 aliphatic carbocycles. The SMILES string of the molecule is Cn1cnc2c(ncn2[C@@H]2O[C@H](CO[Si](C)(C)C(C)(C)C)[C@@H](O[Si](C)(C)C(C)(C)C)[C@H]2O[Si](C)(C)C(C)(C)C)c1=NC(=O)c1ccccc1. The van der Waals surface area contributed by atoms with E-state index in [1.54, 1.807) is 29.4 Å². The first kappa shape index (κ1) is 39.5. The van der Waals surface area contributed by atoms with Crippen LogP contribution in [0, 0.1) is 0 Å². The Morgan fingerprint density at radius 2 is 1.33 bits per heavy atom. The molecule has 0 bridgehead atoms. The molecule has 0 unspecified atom stereocenters. The van der Waals surface area contributed by atoms with Crippen LogP contribution >= 0.6 is 0 Å². The van der Waals surface area contributed by atoms with Crippen LogP contribution in [0.15, 0.2) is 48.0 Å². The van der Waals surface area contributed by atoms with E-state index < -0.39 is 37.3 Å². The molecule has 272 valence electrons. The van der Waals surface area contributed by atoms with Crippen LogP contribution in [0.5, 0.6) is 0 Å². The van der Waals surface area contributed by atoms with Gasteiger partial charge in [-0.15, -0.1) is 0 Å². The lowest BCUT2D eigenvalue weighted by Gasteiger charge is -2.44. The van der Waals surface area contributed by atoms with E-state index in [-0.39, 0.29) is 33.2 Å². The topological polar surface area (TPSA) is 102 Å². The van der Waals surface area contributed by atoms with Crippen molar-refractivity contribution in [3.05, 3.63) is 54.0 Å². The molecule has 49 heavy (non-hydrogen) atoms. The van der Waals surface area contributed by atoms with Crippen molar-refractivity contribution in [2.45, 2.75) is 141 Å². The van der Waals surface area contributed by atoms with Crippen LogP contribution in [-0.4, -0.2) is 74.9 Å². The highest BCUT2D eigenvalue weighted by molar-refractivity contribution is 6.75. The van der Waals surface area contributed by atoms with Gasteiger partial charge in [-0.2, -0.15) is 4.99 Å². The standard InChI is InChI=1S/C36H61N5O5Si3/c1-34(2,3)47(11,12)43-22-26-28(45-48(13,14)35(4,5)6)29(46-49(15,16)36(7,8)9)33(44-26)41-24-37-27-30(41)38-23-40(10)31(27)39-32(42)25-20-18-17-19-21-25/h17-21,23-24,26,28-29,33H,22H2,1-16H3/t26-,28-,29-,33-/m1/s1. The lowest BCUT2D eigenvalue weighted by atomic mass is 10.1. The third-order valence-corrected chi connectivity index (χ3v) is 24.8. The van der Waals surface area contributed by atoms with Crippen molar-refractivity contribution in [1.82, 2.24) is 19.1 Å². The minimum absolute atomic E-state index is 0.0306. The fourth-order valence-electron chi connectivity index (χ4n) is 4.94. The number of carbonyl (C=O) groups excluding carboxylic acids is 1. The van der Waals surface area contributed by atoms with Gasteiger partial charge in [-0.05, 0) is 66.5 Å². The Hall–Kier alpha value is -2.27. The number of amides is 1. The van der Waals surface area contributed by atoms with Crippen LogP contribution in [0.3, 0.4) is 0 Å². The zero-order chi connectivity index (χ0) is 37.0. The minimum Gasteiger partial charge on any atom is -0.414 e. The van der Waals surface area contributed by atoms with E-state index in [1.165, 1.54) is 0 Å². The second kappa shape index (κ2) is 13.7. The number of aryl methyl sites for hydroxylation is 1. The lowest BCUT2D eigenvalue weighted by Crippen LogP contribution is -2.54. The van der Waals surface area contributed by atoms with Crippen molar-refractivity contribution < 1.29 is 22.8 Å². The van der Waals surface area contributed by atoms with Gasteiger partial charge in [-0.3, -0.25) is 9.36 Å². The molecule has 0 radical (unpaired) electrons.